The van der Waals surface area contributed by atoms with Crippen molar-refractivity contribution in [3.05, 3.63) is 118 Å². The van der Waals surface area contributed by atoms with Crippen LogP contribution in [0.25, 0.3) is 6.08 Å². The molecule has 1 atom stereocenters. The summed E-state index contributed by atoms with van der Waals surface area (Å²) < 4.78 is 24.2. The molecule has 3 aromatic carbocycles. The Kier molecular flexibility index (Phi) is 9.25. The molecule has 43 heavy (non-hydrogen) atoms. The van der Waals surface area contributed by atoms with Crippen molar-refractivity contribution < 1.29 is 23.7 Å². The lowest BCUT2D eigenvalue weighted by atomic mass is 9.95. The third-order valence-electron chi connectivity index (χ3n) is 6.83. The number of benzene rings is 3. The molecule has 0 fully saturated rings. The first-order chi connectivity index (χ1) is 20.7. The highest BCUT2D eigenvalue weighted by Crippen LogP contribution is 2.36. The predicted molar refractivity (Wildman–Crippen MR) is 167 cm³/mol. The highest BCUT2D eigenvalue weighted by molar-refractivity contribution is 7.07. The molecule has 0 amide bonds. The zero-order valence-corrected chi connectivity index (χ0v) is 26.2. The van der Waals surface area contributed by atoms with Gasteiger partial charge in [-0.2, -0.15) is 0 Å². The maximum Gasteiger partial charge on any atom is 0.338 e. The molecule has 0 spiro atoms. The van der Waals surface area contributed by atoms with Crippen molar-refractivity contribution in [1.82, 2.24) is 4.57 Å². The molecule has 5 rings (SSSR count). The molecule has 1 aliphatic heterocycles. The lowest BCUT2D eigenvalue weighted by Crippen LogP contribution is -2.39. The SMILES string of the molecule is CCOC(=O)C1=C(C)N=c2s/c(=C\c3ccc(OCc4ccc(Cl)cc4Cl)cc3)c(=O)n2[C@H]1c1ccc(OC)c(OC)c1. The quantitative estimate of drug-likeness (QED) is 0.219. The third kappa shape index (κ3) is 6.34. The normalized spacial score (nSPS) is 14.7. The second kappa shape index (κ2) is 13.1. The summed E-state index contributed by atoms with van der Waals surface area (Å²) >= 11 is 13.5. The molecule has 0 saturated carbocycles. The number of rotatable bonds is 9. The second-order valence-corrected chi connectivity index (χ2v) is 11.4. The van der Waals surface area contributed by atoms with Crippen LogP contribution >= 0.6 is 34.5 Å². The fourth-order valence-electron chi connectivity index (χ4n) is 4.74. The average molecular weight is 640 g/mol. The molecule has 0 saturated heterocycles. The Bertz CT molecular complexity index is 1900. The number of carbonyl (C=O) groups is 1. The monoisotopic (exact) mass is 638 g/mol. The number of allylic oxidation sites excluding steroid dienone is 1. The van der Waals surface area contributed by atoms with Crippen LogP contribution in [0.1, 0.15) is 36.6 Å². The standard InChI is InChI=1S/C32H28Cl2N2O6S/c1-5-41-31(38)28-18(2)35-32-36(29(28)20-9-13-25(39-3)26(15-20)40-4)30(37)27(43-32)14-19-6-11-23(12-7-19)42-17-21-8-10-22(33)16-24(21)34/h6-16,29H,5,17H2,1-4H3/b27-14-/t29-/m0/s1. The molecule has 1 aliphatic rings. The second-order valence-electron chi connectivity index (χ2n) is 9.51. The van der Waals surface area contributed by atoms with Crippen LogP contribution in [0.5, 0.6) is 17.2 Å². The molecule has 0 unspecified atom stereocenters. The number of halogens is 2. The van der Waals surface area contributed by atoms with E-state index < -0.39 is 12.0 Å². The summed E-state index contributed by atoms with van der Waals surface area (Å²) in [5, 5.41) is 1.10. The van der Waals surface area contributed by atoms with Crippen molar-refractivity contribution in [3.63, 3.8) is 0 Å². The van der Waals surface area contributed by atoms with E-state index in [-0.39, 0.29) is 24.3 Å². The number of hydrogen-bond acceptors (Lipinski definition) is 8. The number of ether oxygens (including phenoxy) is 4. The Morgan fingerprint density at radius 2 is 1.77 bits per heavy atom. The van der Waals surface area contributed by atoms with Gasteiger partial charge in [-0.25, -0.2) is 9.79 Å². The van der Waals surface area contributed by atoms with Crippen molar-refractivity contribution in [2.45, 2.75) is 26.5 Å². The van der Waals surface area contributed by atoms with E-state index in [0.717, 1.165) is 11.1 Å². The van der Waals surface area contributed by atoms with Gasteiger partial charge in [0.15, 0.2) is 16.3 Å². The molecule has 0 bridgehead atoms. The van der Waals surface area contributed by atoms with Crippen LogP contribution in [-0.4, -0.2) is 31.4 Å². The summed E-state index contributed by atoms with van der Waals surface area (Å²) in [6.45, 7) is 3.95. The van der Waals surface area contributed by atoms with Gasteiger partial charge in [0.25, 0.3) is 5.56 Å². The van der Waals surface area contributed by atoms with E-state index in [1.807, 2.05) is 30.3 Å². The lowest BCUT2D eigenvalue weighted by Gasteiger charge is -2.25. The molecule has 4 aromatic rings. The molecule has 8 nitrogen and oxygen atoms in total. The summed E-state index contributed by atoms with van der Waals surface area (Å²) in [5.74, 6) is 1.11. The van der Waals surface area contributed by atoms with Gasteiger partial charge in [-0.3, -0.25) is 9.36 Å². The smallest absolute Gasteiger partial charge is 0.338 e. The van der Waals surface area contributed by atoms with E-state index in [0.29, 0.717) is 47.9 Å². The van der Waals surface area contributed by atoms with Crippen LogP contribution in [0.3, 0.4) is 0 Å². The van der Waals surface area contributed by atoms with E-state index in [9.17, 15) is 9.59 Å². The fraction of sp³-hybridized carbons (Fsp3) is 0.219. The summed E-state index contributed by atoms with van der Waals surface area (Å²) in [5.41, 5.74) is 2.76. The molecular weight excluding hydrogens is 611 g/mol. The van der Waals surface area contributed by atoms with Gasteiger partial charge in [-0.1, -0.05) is 58.8 Å². The van der Waals surface area contributed by atoms with Gasteiger partial charge in [0, 0.05) is 15.6 Å². The maximum absolute atomic E-state index is 13.9. The van der Waals surface area contributed by atoms with E-state index in [1.54, 1.807) is 57.4 Å². The Labute approximate surface area is 262 Å². The molecule has 2 heterocycles. The number of thiazole rings is 1. The minimum absolute atomic E-state index is 0.186. The van der Waals surface area contributed by atoms with E-state index >= 15 is 0 Å². The van der Waals surface area contributed by atoms with E-state index in [4.69, 9.17) is 42.1 Å². The number of esters is 1. The lowest BCUT2D eigenvalue weighted by molar-refractivity contribution is -0.139. The zero-order valence-electron chi connectivity index (χ0n) is 23.9. The van der Waals surface area contributed by atoms with Crippen molar-refractivity contribution in [2.75, 3.05) is 20.8 Å². The van der Waals surface area contributed by atoms with Crippen molar-refractivity contribution >= 4 is 46.6 Å². The minimum Gasteiger partial charge on any atom is -0.493 e. The maximum atomic E-state index is 13.9. The van der Waals surface area contributed by atoms with Crippen LogP contribution < -0.4 is 29.1 Å². The first kappa shape index (κ1) is 30.4. The van der Waals surface area contributed by atoms with Gasteiger partial charge < -0.3 is 18.9 Å². The Morgan fingerprint density at radius 1 is 1.02 bits per heavy atom. The molecule has 11 heteroatoms. The number of aromatic nitrogens is 1. The number of methoxy groups -OCH3 is 2. The first-order valence-electron chi connectivity index (χ1n) is 13.3. The summed E-state index contributed by atoms with van der Waals surface area (Å²) in [6.07, 6.45) is 1.79. The van der Waals surface area contributed by atoms with Crippen molar-refractivity contribution in [3.8, 4) is 17.2 Å². The highest BCUT2D eigenvalue weighted by Gasteiger charge is 2.34. The first-order valence-corrected chi connectivity index (χ1v) is 14.9. The van der Waals surface area contributed by atoms with Crippen LogP contribution in [0, 0.1) is 0 Å². The number of fused-ring (bicyclic) bond motifs is 1. The molecule has 0 N–H and O–H groups in total. The number of nitrogens with zero attached hydrogens (tertiary/aromatic N) is 2. The van der Waals surface area contributed by atoms with Gasteiger partial charge in [0.05, 0.1) is 42.7 Å². The van der Waals surface area contributed by atoms with Gasteiger partial charge in [0.2, 0.25) is 0 Å². The Morgan fingerprint density at radius 3 is 2.44 bits per heavy atom. The predicted octanol–water partition coefficient (Wildman–Crippen LogP) is 5.70. The summed E-state index contributed by atoms with van der Waals surface area (Å²) in [4.78, 5) is 32.2. The molecule has 0 radical (unpaired) electrons. The third-order valence-corrected chi connectivity index (χ3v) is 8.40. The minimum atomic E-state index is -0.771. The van der Waals surface area contributed by atoms with Crippen molar-refractivity contribution in [2.24, 2.45) is 4.99 Å². The molecular formula is C32H28Cl2N2O6S. The number of hydrogen-bond donors (Lipinski definition) is 0. The van der Waals surface area contributed by atoms with Gasteiger partial charge in [-0.15, -0.1) is 0 Å². The van der Waals surface area contributed by atoms with E-state index in [1.165, 1.54) is 23.0 Å². The topological polar surface area (TPSA) is 88.4 Å². The van der Waals surface area contributed by atoms with Gasteiger partial charge in [-0.05, 0) is 67.4 Å². The zero-order chi connectivity index (χ0) is 30.7. The van der Waals surface area contributed by atoms with Crippen LogP contribution in [0.15, 0.2) is 81.7 Å². The highest BCUT2D eigenvalue weighted by atomic mass is 35.5. The Hall–Kier alpha value is -4.05. The molecule has 0 aliphatic carbocycles. The van der Waals surface area contributed by atoms with Crippen LogP contribution in [0.2, 0.25) is 10.0 Å². The number of carbonyl (C=O) groups excluding carboxylic acids is 1. The van der Waals surface area contributed by atoms with Crippen LogP contribution in [-0.2, 0) is 16.1 Å². The largest absolute Gasteiger partial charge is 0.493 e. The molecule has 1 aromatic heterocycles. The van der Waals surface area contributed by atoms with E-state index in [2.05, 4.69) is 4.99 Å². The fourth-order valence-corrected chi connectivity index (χ4v) is 6.25. The van der Waals surface area contributed by atoms with Gasteiger partial charge >= 0.3 is 5.97 Å². The van der Waals surface area contributed by atoms with Crippen molar-refractivity contribution in [1.29, 1.82) is 0 Å². The summed E-state index contributed by atoms with van der Waals surface area (Å²) in [6, 6.07) is 17.2. The average Bonchev–Trinajstić information content (AvgIpc) is 3.30. The van der Waals surface area contributed by atoms with Crippen LogP contribution in [0.4, 0.5) is 0 Å². The van der Waals surface area contributed by atoms with Gasteiger partial charge in [0.1, 0.15) is 12.4 Å². The molecule has 222 valence electrons. The Balaban J connectivity index is 1.51. The summed E-state index contributed by atoms with van der Waals surface area (Å²) in [7, 11) is 3.08.